The van der Waals surface area contributed by atoms with E-state index in [1.54, 1.807) is 20.4 Å². The van der Waals surface area contributed by atoms with E-state index in [9.17, 15) is 0 Å². The Morgan fingerprint density at radius 2 is 1.86 bits per heavy atom. The molecule has 2 atom stereocenters. The van der Waals surface area contributed by atoms with Gasteiger partial charge in [-0.05, 0) is 24.2 Å². The van der Waals surface area contributed by atoms with Gasteiger partial charge < -0.3 is 14.8 Å². The zero-order valence-electron chi connectivity index (χ0n) is 12.7. The van der Waals surface area contributed by atoms with Crippen molar-refractivity contribution in [1.29, 1.82) is 0 Å². The minimum atomic E-state index is -0.130. The largest absolute Gasteiger partial charge is 0.495 e. The minimum absolute atomic E-state index is 0.0708. The lowest BCUT2D eigenvalue weighted by Gasteiger charge is -2.27. The number of hydrogen-bond donors (Lipinski definition) is 1. The van der Waals surface area contributed by atoms with Crippen molar-refractivity contribution in [1.82, 2.24) is 10.3 Å². The van der Waals surface area contributed by atoms with Gasteiger partial charge in [0.05, 0.1) is 13.2 Å². The fourth-order valence-corrected chi connectivity index (χ4v) is 2.48. The van der Waals surface area contributed by atoms with E-state index in [1.807, 2.05) is 30.3 Å². The second kappa shape index (κ2) is 7.76. The Morgan fingerprint density at radius 1 is 1.10 bits per heavy atom. The molecule has 1 N–H and O–H groups in total. The van der Waals surface area contributed by atoms with Gasteiger partial charge in [-0.25, -0.2) is 0 Å². The summed E-state index contributed by atoms with van der Waals surface area (Å²) in [7, 11) is 3.38. The average molecular weight is 286 g/mol. The van der Waals surface area contributed by atoms with E-state index in [0.29, 0.717) is 0 Å². The molecular formula is C17H22N2O2. The number of ether oxygens (including phenoxy) is 2. The maximum absolute atomic E-state index is 5.75. The highest BCUT2D eigenvalue weighted by Crippen LogP contribution is 2.34. The molecule has 21 heavy (non-hydrogen) atoms. The van der Waals surface area contributed by atoms with Crippen LogP contribution in [0.5, 0.6) is 5.75 Å². The average Bonchev–Trinajstić information content (AvgIpc) is 2.55. The molecule has 0 radical (unpaired) electrons. The number of aromatic nitrogens is 1. The van der Waals surface area contributed by atoms with Gasteiger partial charge in [0.15, 0.2) is 0 Å². The molecule has 1 aromatic carbocycles. The van der Waals surface area contributed by atoms with Crippen molar-refractivity contribution in [2.75, 3.05) is 20.8 Å². The Balaban J connectivity index is 2.41. The molecule has 112 valence electrons. The summed E-state index contributed by atoms with van der Waals surface area (Å²) in [5.41, 5.74) is 1.97. The Kier molecular flexibility index (Phi) is 5.72. The molecule has 0 amide bonds. The van der Waals surface area contributed by atoms with Crippen LogP contribution in [-0.4, -0.2) is 25.7 Å². The fraction of sp³-hybridized carbons (Fsp3) is 0.353. The van der Waals surface area contributed by atoms with Crippen LogP contribution in [0.25, 0.3) is 0 Å². The highest BCUT2D eigenvalue weighted by atomic mass is 16.5. The lowest BCUT2D eigenvalue weighted by atomic mass is 9.98. The lowest BCUT2D eigenvalue weighted by Crippen LogP contribution is -2.29. The lowest BCUT2D eigenvalue weighted by molar-refractivity contribution is 0.0658. The van der Waals surface area contributed by atoms with Crippen molar-refractivity contribution in [3.63, 3.8) is 0 Å². The van der Waals surface area contributed by atoms with E-state index in [2.05, 4.69) is 29.4 Å². The van der Waals surface area contributed by atoms with E-state index in [1.165, 1.54) is 0 Å². The summed E-state index contributed by atoms with van der Waals surface area (Å²) >= 11 is 0. The standard InChI is InChI=1S/C17H22N2O2/c1-4-18-16(15-14(20-2)11-8-12-19-15)17(21-3)13-9-6-5-7-10-13/h5-12,16-18H,4H2,1-3H3. The summed E-state index contributed by atoms with van der Waals surface area (Å²) in [4.78, 5) is 4.50. The van der Waals surface area contributed by atoms with E-state index in [-0.39, 0.29) is 12.1 Å². The number of nitrogens with one attached hydrogen (secondary N) is 1. The van der Waals surface area contributed by atoms with Crippen molar-refractivity contribution in [2.45, 2.75) is 19.1 Å². The van der Waals surface area contributed by atoms with Crippen LogP contribution in [0, 0.1) is 0 Å². The maximum Gasteiger partial charge on any atom is 0.142 e. The van der Waals surface area contributed by atoms with Gasteiger partial charge in [-0.15, -0.1) is 0 Å². The van der Waals surface area contributed by atoms with Crippen molar-refractivity contribution < 1.29 is 9.47 Å². The Morgan fingerprint density at radius 3 is 2.48 bits per heavy atom. The third-order valence-electron chi connectivity index (χ3n) is 3.42. The molecule has 1 heterocycles. The number of methoxy groups -OCH3 is 2. The first-order chi connectivity index (χ1) is 10.3. The molecule has 0 spiro atoms. The van der Waals surface area contributed by atoms with E-state index in [4.69, 9.17) is 9.47 Å². The smallest absolute Gasteiger partial charge is 0.142 e. The summed E-state index contributed by atoms with van der Waals surface area (Å²) in [6, 6.07) is 13.9. The van der Waals surface area contributed by atoms with Crippen LogP contribution < -0.4 is 10.1 Å². The van der Waals surface area contributed by atoms with Crippen molar-refractivity contribution in [3.8, 4) is 5.75 Å². The molecule has 2 unspecified atom stereocenters. The number of likely N-dealkylation sites (N-methyl/N-ethyl adjacent to an activating group) is 1. The summed E-state index contributed by atoms with van der Waals surface area (Å²) in [5.74, 6) is 0.765. The van der Waals surface area contributed by atoms with E-state index < -0.39 is 0 Å². The fourth-order valence-electron chi connectivity index (χ4n) is 2.48. The first-order valence-corrected chi connectivity index (χ1v) is 7.11. The molecule has 4 nitrogen and oxygen atoms in total. The van der Waals surface area contributed by atoms with Gasteiger partial charge in [-0.3, -0.25) is 4.98 Å². The molecule has 1 aromatic heterocycles. The molecule has 0 aliphatic rings. The van der Waals surface area contributed by atoms with Crippen LogP contribution in [0.2, 0.25) is 0 Å². The van der Waals surface area contributed by atoms with E-state index in [0.717, 1.165) is 23.6 Å². The van der Waals surface area contributed by atoms with Gasteiger partial charge in [-0.2, -0.15) is 0 Å². The first kappa shape index (κ1) is 15.5. The summed E-state index contributed by atoms with van der Waals surface area (Å²) in [6.07, 6.45) is 1.65. The highest BCUT2D eigenvalue weighted by molar-refractivity contribution is 5.32. The SMILES string of the molecule is CCNC(c1ncccc1OC)C(OC)c1ccccc1. The number of nitrogens with zero attached hydrogens (tertiary/aromatic N) is 1. The normalized spacial score (nSPS) is 13.7. The monoisotopic (exact) mass is 286 g/mol. The Bertz CT molecular complexity index is 545. The first-order valence-electron chi connectivity index (χ1n) is 7.11. The minimum Gasteiger partial charge on any atom is -0.495 e. The van der Waals surface area contributed by atoms with Gasteiger partial charge in [0.2, 0.25) is 0 Å². The van der Waals surface area contributed by atoms with Gasteiger partial charge in [0.25, 0.3) is 0 Å². The molecule has 0 bridgehead atoms. The van der Waals surface area contributed by atoms with Gasteiger partial charge in [-0.1, -0.05) is 37.3 Å². The summed E-state index contributed by atoms with van der Waals surface area (Å²) in [5, 5.41) is 3.46. The van der Waals surface area contributed by atoms with Gasteiger partial charge in [0.1, 0.15) is 17.5 Å². The van der Waals surface area contributed by atoms with Crippen LogP contribution in [0.4, 0.5) is 0 Å². The maximum atomic E-state index is 5.75. The molecule has 4 heteroatoms. The van der Waals surface area contributed by atoms with Crippen LogP contribution in [0.15, 0.2) is 48.7 Å². The van der Waals surface area contributed by atoms with Crippen LogP contribution in [0.3, 0.4) is 0 Å². The second-order valence-electron chi connectivity index (χ2n) is 4.69. The molecule has 0 aliphatic carbocycles. The van der Waals surface area contributed by atoms with Crippen molar-refractivity contribution >= 4 is 0 Å². The number of pyridine rings is 1. The zero-order valence-corrected chi connectivity index (χ0v) is 12.7. The summed E-state index contributed by atoms with van der Waals surface area (Å²) < 4.78 is 11.2. The van der Waals surface area contributed by atoms with Crippen LogP contribution >= 0.6 is 0 Å². The third kappa shape index (κ3) is 3.60. The zero-order chi connectivity index (χ0) is 15.1. The summed E-state index contributed by atoms with van der Waals surface area (Å²) in [6.45, 7) is 2.89. The van der Waals surface area contributed by atoms with Crippen molar-refractivity contribution in [3.05, 3.63) is 59.9 Å². The third-order valence-corrected chi connectivity index (χ3v) is 3.42. The number of benzene rings is 1. The van der Waals surface area contributed by atoms with Gasteiger partial charge >= 0.3 is 0 Å². The number of hydrogen-bond acceptors (Lipinski definition) is 4. The molecule has 2 rings (SSSR count). The topological polar surface area (TPSA) is 43.4 Å². The van der Waals surface area contributed by atoms with Crippen LogP contribution in [-0.2, 0) is 4.74 Å². The Labute approximate surface area is 126 Å². The quantitative estimate of drug-likeness (QED) is 0.849. The Hall–Kier alpha value is -1.91. The second-order valence-corrected chi connectivity index (χ2v) is 4.69. The molecule has 0 saturated heterocycles. The van der Waals surface area contributed by atoms with Crippen molar-refractivity contribution in [2.24, 2.45) is 0 Å². The van der Waals surface area contributed by atoms with Crippen LogP contribution in [0.1, 0.15) is 30.3 Å². The molecule has 0 aliphatic heterocycles. The highest BCUT2D eigenvalue weighted by Gasteiger charge is 2.27. The molecule has 0 fully saturated rings. The number of rotatable bonds is 7. The predicted molar refractivity (Wildman–Crippen MR) is 83.4 cm³/mol. The molecule has 0 saturated carbocycles. The molecular weight excluding hydrogens is 264 g/mol. The predicted octanol–water partition coefficient (Wildman–Crippen LogP) is 3.13. The van der Waals surface area contributed by atoms with E-state index >= 15 is 0 Å². The van der Waals surface area contributed by atoms with Gasteiger partial charge in [0, 0.05) is 13.3 Å². The molecule has 2 aromatic rings.